The number of hydrogen-bond acceptors (Lipinski definition) is 5. The van der Waals surface area contributed by atoms with E-state index in [9.17, 15) is 28.7 Å². The van der Waals surface area contributed by atoms with Crippen LogP contribution in [0.4, 0.5) is 4.39 Å². The number of rotatable bonds is 2. The molecule has 6 nitrogen and oxygen atoms in total. The van der Waals surface area contributed by atoms with Crippen LogP contribution in [0.2, 0.25) is 0 Å². The van der Waals surface area contributed by atoms with Crippen molar-refractivity contribution in [3.05, 3.63) is 64.0 Å². The Hall–Kier alpha value is -3.35. The first-order valence-corrected chi connectivity index (χ1v) is 10.8. The zero-order chi connectivity index (χ0) is 22.9. The van der Waals surface area contributed by atoms with Gasteiger partial charge in [0.15, 0.2) is 23.1 Å². The molecule has 164 valence electrons. The molecule has 0 spiro atoms. The average Bonchev–Trinajstić information content (AvgIpc) is 3.02. The van der Waals surface area contributed by atoms with Crippen LogP contribution < -0.4 is 0 Å². The maximum atomic E-state index is 14.3. The van der Waals surface area contributed by atoms with Gasteiger partial charge in [0.25, 0.3) is 0 Å². The van der Waals surface area contributed by atoms with Crippen molar-refractivity contribution in [2.45, 2.75) is 32.6 Å². The summed E-state index contributed by atoms with van der Waals surface area (Å²) in [7, 11) is 0. The van der Waals surface area contributed by atoms with E-state index in [1.165, 1.54) is 23.1 Å². The molecule has 0 bridgehead atoms. The normalized spacial score (nSPS) is 29.5. The van der Waals surface area contributed by atoms with Crippen molar-refractivity contribution in [2.24, 2.45) is 17.8 Å². The van der Waals surface area contributed by atoms with Crippen molar-refractivity contribution < 1.29 is 28.7 Å². The summed E-state index contributed by atoms with van der Waals surface area (Å²) >= 11 is 0. The van der Waals surface area contributed by atoms with Gasteiger partial charge in [0.05, 0.1) is 11.8 Å². The van der Waals surface area contributed by atoms with E-state index in [2.05, 4.69) is 0 Å². The molecule has 4 aliphatic rings. The molecule has 1 aromatic carbocycles. The van der Waals surface area contributed by atoms with Crippen molar-refractivity contribution in [3.63, 3.8) is 0 Å². The quantitative estimate of drug-likeness (QED) is 0.438. The van der Waals surface area contributed by atoms with Gasteiger partial charge in [-0.25, -0.2) is 4.39 Å². The number of phenols is 1. The summed E-state index contributed by atoms with van der Waals surface area (Å²) < 4.78 is 14.3. The van der Waals surface area contributed by atoms with Gasteiger partial charge < -0.3 is 5.11 Å². The van der Waals surface area contributed by atoms with E-state index in [4.69, 9.17) is 0 Å². The molecule has 1 heterocycles. The highest BCUT2D eigenvalue weighted by Gasteiger charge is 2.56. The minimum absolute atomic E-state index is 0.168. The lowest BCUT2D eigenvalue weighted by molar-refractivity contribution is -0.139. The molecule has 4 unspecified atom stereocenters. The first kappa shape index (κ1) is 20.5. The van der Waals surface area contributed by atoms with E-state index in [0.29, 0.717) is 23.1 Å². The number of carbonyl (C=O) groups is 4. The maximum Gasteiger partial charge on any atom is 0.233 e. The SMILES string of the molecule is CCN1C(=O)C2CC=C3C(c4cccc(F)c4O)C4=C(CC3C2C1=O)C(=O)C(C)=CC4=O. The monoisotopic (exact) mass is 435 g/mol. The fourth-order valence-electron chi connectivity index (χ4n) is 5.88. The largest absolute Gasteiger partial charge is 0.505 e. The topological polar surface area (TPSA) is 91.8 Å². The van der Waals surface area contributed by atoms with Gasteiger partial charge in [-0.05, 0) is 44.7 Å². The molecule has 1 saturated heterocycles. The molecule has 1 fully saturated rings. The average molecular weight is 435 g/mol. The van der Waals surface area contributed by atoms with Crippen LogP contribution in [0.5, 0.6) is 5.75 Å². The summed E-state index contributed by atoms with van der Waals surface area (Å²) in [5.74, 6) is -5.00. The van der Waals surface area contributed by atoms with E-state index >= 15 is 0 Å². The zero-order valence-corrected chi connectivity index (χ0v) is 17.7. The third kappa shape index (κ3) is 2.63. The Labute approximate surface area is 184 Å². The number of fused-ring (bicyclic) bond motifs is 3. The Morgan fingerprint density at radius 2 is 1.88 bits per heavy atom. The molecule has 1 aliphatic heterocycles. The van der Waals surface area contributed by atoms with Crippen LogP contribution in [-0.4, -0.2) is 39.9 Å². The van der Waals surface area contributed by atoms with E-state index in [0.717, 1.165) is 6.07 Å². The number of para-hydroxylation sites is 1. The molecule has 2 amide bonds. The molecular formula is C25H22FNO5. The van der Waals surface area contributed by atoms with Crippen LogP contribution in [-0.2, 0) is 19.2 Å². The summed E-state index contributed by atoms with van der Waals surface area (Å²) in [6.45, 7) is 3.58. The van der Waals surface area contributed by atoms with Crippen LogP contribution in [0.1, 0.15) is 38.2 Å². The first-order valence-electron chi connectivity index (χ1n) is 10.8. The Morgan fingerprint density at radius 1 is 1.12 bits per heavy atom. The standard InChI is InChI=1S/C25H22FNO5/c1-3-27-24(31)14-8-7-12-15(20(14)25(27)32)10-16-21(18(28)9-11(2)22(16)29)19(12)13-5-4-6-17(26)23(13)30/h4-7,9,14-15,19-20,30H,3,8,10H2,1-2H3. The summed E-state index contributed by atoms with van der Waals surface area (Å²) in [6.07, 6.45) is 3.61. The van der Waals surface area contributed by atoms with Crippen LogP contribution in [0.15, 0.2) is 52.6 Å². The summed E-state index contributed by atoms with van der Waals surface area (Å²) in [6, 6.07) is 4.10. The van der Waals surface area contributed by atoms with Gasteiger partial charge in [0.2, 0.25) is 11.8 Å². The highest BCUT2D eigenvalue weighted by Crippen LogP contribution is 2.56. The predicted octanol–water partition coefficient (Wildman–Crippen LogP) is 2.98. The lowest BCUT2D eigenvalue weighted by atomic mass is 9.59. The third-order valence-electron chi connectivity index (χ3n) is 7.30. The molecule has 0 aromatic heterocycles. The molecule has 3 aliphatic carbocycles. The number of nitrogens with zero attached hydrogens (tertiary/aromatic N) is 1. The minimum atomic E-state index is -0.847. The van der Waals surface area contributed by atoms with E-state index < -0.39 is 35.2 Å². The molecule has 1 aromatic rings. The van der Waals surface area contributed by atoms with Crippen LogP contribution in [0.3, 0.4) is 0 Å². The van der Waals surface area contributed by atoms with Crippen LogP contribution in [0.25, 0.3) is 0 Å². The maximum absolute atomic E-state index is 14.3. The molecule has 0 saturated carbocycles. The van der Waals surface area contributed by atoms with Crippen molar-refractivity contribution in [1.29, 1.82) is 0 Å². The molecule has 5 rings (SSSR count). The number of amides is 2. The Balaban J connectivity index is 1.73. The van der Waals surface area contributed by atoms with Crippen molar-refractivity contribution in [2.75, 3.05) is 6.54 Å². The van der Waals surface area contributed by atoms with Crippen molar-refractivity contribution in [1.82, 2.24) is 4.90 Å². The lowest BCUT2D eigenvalue weighted by Crippen LogP contribution is -2.39. The number of imide groups is 1. The first-order chi connectivity index (χ1) is 15.3. The molecule has 4 atom stereocenters. The fourth-order valence-corrected chi connectivity index (χ4v) is 5.88. The second-order valence-electron chi connectivity index (χ2n) is 8.83. The number of ketones is 2. The van der Waals surface area contributed by atoms with Gasteiger partial charge in [-0.3, -0.25) is 24.1 Å². The number of phenolic OH excluding ortho intramolecular Hbond substituents is 1. The summed E-state index contributed by atoms with van der Waals surface area (Å²) in [5, 5.41) is 10.5. The minimum Gasteiger partial charge on any atom is -0.505 e. The van der Waals surface area contributed by atoms with Gasteiger partial charge >= 0.3 is 0 Å². The predicted molar refractivity (Wildman–Crippen MR) is 112 cm³/mol. The Kier molecular flexibility index (Phi) is 4.55. The van der Waals surface area contributed by atoms with Crippen molar-refractivity contribution >= 4 is 23.4 Å². The van der Waals surface area contributed by atoms with E-state index in [1.807, 2.05) is 6.08 Å². The van der Waals surface area contributed by atoms with Gasteiger partial charge in [0, 0.05) is 34.7 Å². The Bertz CT molecular complexity index is 1210. The smallest absolute Gasteiger partial charge is 0.233 e. The molecular weight excluding hydrogens is 413 g/mol. The number of allylic oxidation sites excluding steroid dienone is 6. The van der Waals surface area contributed by atoms with E-state index in [-0.39, 0.29) is 47.5 Å². The van der Waals surface area contributed by atoms with Crippen LogP contribution >= 0.6 is 0 Å². The molecule has 7 heteroatoms. The third-order valence-corrected chi connectivity index (χ3v) is 7.30. The van der Waals surface area contributed by atoms with Gasteiger partial charge in [-0.2, -0.15) is 0 Å². The number of Topliss-reactive ketones (excluding diaryl/α,β-unsaturated/α-hetero) is 1. The van der Waals surface area contributed by atoms with Crippen molar-refractivity contribution in [3.8, 4) is 5.75 Å². The zero-order valence-electron chi connectivity index (χ0n) is 17.7. The summed E-state index contributed by atoms with van der Waals surface area (Å²) in [4.78, 5) is 53.3. The highest BCUT2D eigenvalue weighted by atomic mass is 19.1. The molecule has 0 radical (unpaired) electrons. The van der Waals surface area contributed by atoms with Gasteiger partial charge in [0.1, 0.15) is 0 Å². The fraction of sp³-hybridized carbons (Fsp3) is 0.360. The van der Waals surface area contributed by atoms with Gasteiger partial charge in [-0.1, -0.05) is 23.8 Å². The van der Waals surface area contributed by atoms with Crippen LogP contribution in [0, 0.1) is 23.6 Å². The second kappa shape index (κ2) is 7.08. The summed E-state index contributed by atoms with van der Waals surface area (Å²) in [5.41, 5.74) is 1.71. The highest BCUT2D eigenvalue weighted by molar-refractivity contribution is 6.23. The number of hydrogen-bond donors (Lipinski definition) is 1. The second-order valence-corrected chi connectivity index (χ2v) is 8.83. The Morgan fingerprint density at radius 3 is 2.59 bits per heavy atom. The van der Waals surface area contributed by atoms with E-state index in [1.54, 1.807) is 13.8 Å². The number of likely N-dealkylation sites (tertiary alicyclic amines) is 1. The number of aromatic hydroxyl groups is 1. The van der Waals surface area contributed by atoms with Gasteiger partial charge in [-0.15, -0.1) is 0 Å². The number of halogens is 1. The molecule has 1 N–H and O–H groups in total. The molecule has 32 heavy (non-hydrogen) atoms. The lowest BCUT2D eigenvalue weighted by Gasteiger charge is -2.42. The number of carbonyl (C=O) groups excluding carboxylic acids is 4. The number of benzene rings is 1.